The molecule has 9 nitrogen and oxygen atoms in total. The van der Waals surface area contributed by atoms with E-state index in [1.807, 2.05) is 23.7 Å². The maximum atomic E-state index is 13.0. The predicted octanol–water partition coefficient (Wildman–Crippen LogP) is 3.10. The summed E-state index contributed by atoms with van der Waals surface area (Å²) >= 11 is 1.33. The maximum Gasteiger partial charge on any atom is 0.243 e. The third-order valence-corrected chi connectivity index (χ3v) is 8.07. The summed E-state index contributed by atoms with van der Waals surface area (Å²) in [5.41, 5.74) is 3.05. The molecule has 0 spiro atoms. The fourth-order valence-corrected chi connectivity index (χ4v) is 5.87. The van der Waals surface area contributed by atoms with Crippen LogP contribution >= 0.6 is 11.3 Å². The molecule has 0 aliphatic carbocycles. The Morgan fingerprint density at radius 1 is 1.24 bits per heavy atom. The second-order valence-corrected chi connectivity index (χ2v) is 10.4. The number of amides is 1. The van der Waals surface area contributed by atoms with E-state index >= 15 is 0 Å². The molecule has 4 rings (SSSR count). The number of nitrogens with zero attached hydrogens (tertiary/aromatic N) is 3. The van der Waals surface area contributed by atoms with Crippen molar-refractivity contribution in [2.75, 3.05) is 32.0 Å². The molecular formula is C23H26N6O3S2. The number of carbonyl (C=O) groups excluding carboxylic acids is 1. The molecule has 0 saturated carbocycles. The number of fused-ring (bicyclic) bond motifs is 1. The second kappa shape index (κ2) is 10.4. The Balaban J connectivity index is 1.45. The molecule has 0 saturated heterocycles. The van der Waals surface area contributed by atoms with Crippen molar-refractivity contribution >= 4 is 43.4 Å². The Labute approximate surface area is 202 Å². The van der Waals surface area contributed by atoms with E-state index in [-0.39, 0.29) is 17.2 Å². The van der Waals surface area contributed by atoms with Gasteiger partial charge in [0.2, 0.25) is 15.9 Å². The first-order valence-electron chi connectivity index (χ1n) is 10.8. The quantitative estimate of drug-likeness (QED) is 0.309. The summed E-state index contributed by atoms with van der Waals surface area (Å²) in [7, 11) is -1.86. The molecule has 0 fully saturated rings. The first-order valence-corrected chi connectivity index (χ1v) is 13.2. The zero-order valence-electron chi connectivity index (χ0n) is 18.9. The number of anilines is 1. The number of thiazole rings is 1. The average molecular weight is 499 g/mol. The van der Waals surface area contributed by atoms with E-state index in [4.69, 9.17) is 0 Å². The van der Waals surface area contributed by atoms with Gasteiger partial charge < -0.3 is 15.6 Å². The number of H-pyrrole nitrogens is 1. The summed E-state index contributed by atoms with van der Waals surface area (Å²) in [4.78, 5) is 24.8. The number of likely N-dealkylation sites (N-methyl/N-ethyl adjacent to an activating group) is 2. The first-order chi connectivity index (χ1) is 16.4. The first kappa shape index (κ1) is 24.0. The lowest BCUT2D eigenvalue weighted by Crippen LogP contribution is -2.36. The third-order valence-electron chi connectivity index (χ3n) is 5.34. The van der Waals surface area contributed by atoms with Gasteiger partial charge in [-0.2, -0.15) is 4.31 Å². The molecule has 3 aromatic heterocycles. The number of nitrogens with one attached hydrogen (secondary N) is 3. The van der Waals surface area contributed by atoms with Crippen molar-refractivity contribution < 1.29 is 13.2 Å². The van der Waals surface area contributed by atoms with Gasteiger partial charge in [-0.25, -0.2) is 18.4 Å². The molecule has 0 aliphatic heterocycles. The lowest BCUT2D eigenvalue weighted by Gasteiger charge is -2.20. The summed E-state index contributed by atoms with van der Waals surface area (Å²) in [6.07, 6.45) is 3.61. The molecule has 0 radical (unpaired) electrons. The molecule has 1 amide bonds. The van der Waals surface area contributed by atoms with Crippen LogP contribution in [0.4, 0.5) is 5.13 Å². The van der Waals surface area contributed by atoms with Gasteiger partial charge in [-0.15, -0.1) is 11.3 Å². The zero-order chi connectivity index (χ0) is 24.1. The van der Waals surface area contributed by atoms with Crippen LogP contribution in [0, 0.1) is 0 Å². The highest BCUT2D eigenvalue weighted by molar-refractivity contribution is 7.89. The number of aromatic amines is 1. The number of carbonyl (C=O) groups is 1. The van der Waals surface area contributed by atoms with E-state index in [1.165, 1.54) is 15.6 Å². The summed E-state index contributed by atoms with van der Waals surface area (Å²) in [5, 5.41) is 9.10. The Bertz CT molecular complexity index is 1400. The molecular weight excluding hydrogens is 472 g/mol. The largest absolute Gasteiger partial charge is 0.345 e. The number of rotatable bonds is 10. The molecule has 0 atom stereocenters. The fraction of sp³-hybridized carbons (Fsp3) is 0.261. The maximum absolute atomic E-state index is 13.0. The van der Waals surface area contributed by atoms with Crippen molar-refractivity contribution in [2.45, 2.75) is 18.2 Å². The molecule has 0 bridgehead atoms. The van der Waals surface area contributed by atoms with Crippen LogP contribution in [0.2, 0.25) is 0 Å². The van der Waals surface area contributed by atoms with Gasteiger partial charge in [-0.3, -0.25) is 4.79 Å². The summed E-state index contributed by atoms with van der Waals surface area (Å²) in [6, 6.07) is 10.3. The Kier molecular flexibility index (Phi) is 7.37. The summed E-state index contributed by atoms with van der Waals surface area (Å²) < 4.78 is 27.4. The average Bonchev–Trinajstić information content (AvgIpc) is 3.46. The Morgan fingerprint density at radius 3 is 2.88 bits per heavy atom. The van der Waals surface area contributed by atoms with Crippen molar-refractivity contribution in [1.29, 1.82) is 0 Å². The smallest absolute Gasteiger partial charge is 0.243 e. The normalized spacial score (nSPS) is 11.9. The molecule has 0 aliphatic rings. The second-order valence-electron chi connectivity index (χ2n) is 7.61. The number of benzene rings is 1. The Morgan fingerprint density at radius 2 is 2.09 bits per heavy atom. The molecule has 178 valence electrons. The SMILES string of the molecule is CCN(CCNC)S(=O)(=O)c1cccc(CC(=O)Nc2nc(-c3c[nH]c4ncccc34)cs2)c1. The van der Waals surface area contributed by atoms with Crippen molar-refractivity contribution in [3.63, 3.8) is 0 Å². The van der Waals surface area contributed by atoms with Crippen LogP contribution in [-0.4, -0.2) is 60.3 Å². The monoisotopic (exact) mass is 498 g/mol. The highest BCUT2D eigenvalue weighted by Gasteiger charge is 2.23. The number of hydrogen-bond acceptors (Lipinski definition) is 7. The van der Waals surface area contributed by atoms with Gasteiger partial charge in [0.25, 0.3) is 0 Å². The van der Waals surface area contributed by atoms with E-state index < -0.39 is 10.0 Å². The number of sulfonamides is 1. The van der Waals surface area contributed by atoms with Gasteiger partial charge >= 0.3 is 0 Å². The van der Waals surface area contributed by atoms with Crippen LogP contribution in [0.15, 0.2) is 59.1 Å². The van der Waals surface area contributed by atoms with Crippen LogP contribution < -0.4 is 10.6 Å². The fourth-order valence-electron chi connectivity index (χ4n) is 3.62. The third kappa shape index (κ3) is 5.17. The van der Waals surface area contributed by atoms with Crippen molar-refractivity contribution in [3.8, 4) is 11.3 Å². The molecule has 0 unspecified atom stereocenters. The minimum absolute atomic E-state index is 0.0396. The van der Waals surface area contributed by atoms with Gasteiger partial charge in [0, 0.05) is 48.4 Å². The topological polar surface area (TPSA) is 120 Å². The van der Waals surface area contributed by atoms with E-state index in [2.05, 4.69) is 25.6 Å². The van der Waals surface area contributed by atoms with Gasteiger partial charge in [0.15, 0.2) is 5.13 Å². The van der Waals surface area contributed by atoms with E-state index in [0.29, 0.717) is 30.3 Å². The molecule has 4 aromatic rings. The molecule has 34 heavy (non-hydrogen) atoms. The van der Waals surface area contributed by atoms with Gasteiger partial charge in [0.05, 0.1) is 17.0 Å². The highest BCUT2D eigenvalue weighted by atomic mass is 32.2. The Hall–Kier alpha value is -3.12. The summed E-state index contributed by atoms with van der Waals surface area (Å²) in [5.74, 6) is -0.265. The van der Waals surface area contributed by atoms with Crippen molar-refractivity contribution in [2.24, 2.45) is 0 Å². The van der Waals surface area contributed by atoms with E-state index in [9.17, 15) is 13.2 Å². The standard InChI is InChI=1S/C23H26N6O3S2/c1-3-29(11-10-24-2)34(31,32)17-7-4-6-16(12-17)13-21(30)28-23-27-20(15-33-23)19-14-26-22-18(19)8-5-9-25-22/h4-9,12,14-15,24H,3,10-11,13H2,1-2H3,(H,25,26)(H,27,28,30). The zero-order valence-corrected chi connectivity index (χ0v) is 20.5. The lowest BCUT2D eigenvalue weighted by molar-refractivity contribution is -0.115. The van der Waals surface area contributed by atoms with Gasteiger partial charge in [-0.05, 0) is 36.9 Å². The van der Waals surface area contributed by atoms with Crippen LogP contribution in [0.3, 0.4) is 0 Å². The minimum Gasteiger partial charge on any atom is -0.345 e. The molecule has 1 aromatic carbocycles. The molecule has 11 heteroatoms. The van der Waals surface area contributed by atoms with E-state index in [1.54, 1.807) is 44.4 Å². The van der Waals surface area contributed by atoms with Crippen LogP contribution in [0.1, 0.15) is 12.5 Å². The number of aromatic nitrogens is 3. The predicted molar refractivity (Wildman–Crippen MR) is 134 cm³/mol. The lowest BCUT2D eigenvalue weighted by atomic mass is 10.1. The van der Waals surface area contributed by atoms with Crippen LogP contribution in [-0.2, 0) is 21.2 Å². The van der Waals surface area contributed by atoms with Gasteiger partial charge in [-0.1, -0.05) is 19.1 Å². The number of hydrogen-bond donors (Lipinski definition) is 3. The molecule has 3 heterocycles. The number of pyridine rings is 1. The highest BCUT2D eigenvalue weighted by Crippen LogP contribution is 2.30. The van der Waals surface area contributed by atoms with Crippen molar-refractivity contribution in [1.82, 2.24) is 24.6 Å². The molecule has 3 N–H and O–H groups in total. The van der Waals surface area contributed by atoms with Crippen molar-refractivity contribution in [3.05, 3.63) is 59.7 Å². The van der Waals surface area contributed by atoms with E-state index in [0.717, 1.165) is 22.3 Å². The van der Waals surface area contributed by atoms with Gasteiger partial charge in [0.1, 0.15) is 5.65 Å². The minimum atomic E-state index is -3.64. The van der Waals surface area contributed by atoms with Crippen LogP contribution in [0.5, 0.6) is 0 Å². The van der Waals surface area contributed by atoms with Crippen LogP contribution in [0.25, 0.3) is 22.3 Å². The summed E-state index contributed by atoms with van der Waals surface area (Å²) in [6.45, 7) is 3.10.